The van der Waals surface area contributed by atoms with Crippen molar-refractivity contribution in [3.8, 4) is 0 Å². The highest BCUT2D eigenvalue weighted by molar-refractivity contribution is 4.95. The second kappa shape index (κ2) is 5.23. The van der Waals surface area contributed by atoms with Crippen molar-refractivity contribution in [3.63, 3.8) is 0 Å². The van der Waals surface area contributed by atoms with E-state index in [9.17, 15) is 4.79 Å². The maximum atomic E-state index is 11.6. The quantitative estimate of drug-likeness (QED) is 0.746. The fourth-order valence-electron chi connectivity index (χ4n) is 1.87. The number of nitrogens with one attached hydrogen (secondary N) is 1. The third kappa shape index (κ3) is 2.90. The van der Waals surface area contributed by atoms with Crippen LogP contribution in [0.15, 0.2) is 17.2 Å². The SMILES string of the molecule is Cc1cc(=O)n(CCN2CCNCC2)cn1. The molecule has 88 valence electrons. The van der Waals surface area contributed by atoms with Gasteiger partial charge in [0, 0.05) is 51.0 Å². The molecule has 1 aromatic heterocycles. The monoisotopic (exact) mass is 222 g/mol. The first kappa shape index (κ1) is 11.3. The molecular weight excluding hydrogens is 204 g/mol. The lowest BCUT2D eigenvalue weighted by atomic mass is 10.3. The van der Waals surface area contributed by atoms with Gasteiger partial charge in [-0.1, -0.05) is 0 Å². The summed E-state index contributed by atoms with van der Waals surface area (Å²) < 4.78 is 1.68. The van der Waals surface area contributed by atoms with E-state index in [0.717, 1.165) is 45.0 Å². The van der Waals surface area contributed by atoms with Gasteiger partial charge in [0.05, 0.1) is 6.33 Å². The minimum absolute atomic E-state index is 0.0441. The van der Waals surface area contributed by atoms with Crippen molar-refractivity contribution in [3.05, 3.63) is 28.4 Å². The number of aryl methyl sites for hydroxylation is 1. The zero-order valence-electron chi connectivity index (χ0n) is 9.65. The molecule has 0 radical (unpaired) electrons. The molecule has 0 amide bonds. The molecule has 1 saturated heterocycles. The van der Waals surface area contributed by atoms with Crippen LogP contribution in [0.5, 0.6) is 0 Å². The van der Waals surface area contributed by atoms with Crippen molar-refractivity contribution in [1.29, 1.82) is 0 Å². The first-order valence-electron chi connectivity index (χ1n) is 5.72. The van der Waals surface area contributed by atoms with E-state index in [0.29, 0.717) is 0 Å². The minimum atomic E-state index is 0.0441. The summed E-state index contributed by atoms with van der Waals surface area (Å²) in [6.07, 6.45) is 1.64. The van der Waals surface area contributed by atoms with E-state index >= 15 is 0 Å². The third-order valence-corrected chi connectivity index (χ3v) is 2.88. The Morgan fingerprint density at radius 1 is 1.38 bits per heavy atom. The second-order valence-corrected chi connectivity index (χ2v) is 4.15. The molecule has 2 heterocycles. The van der Waals surface area contributed by atoms with Crippen LogP contribution in [0.25, 0.3) is 0 Å². The zero-order chi connectivity index (χ0) is 11.4. The molecule has 0 bridgehead atoms. The maximum Gasteiger partial charge on any atom is 0.253 e. The molecule has 1 fully saturated rings. The van der Waals surface area contributed by atoms with Crippen molar-refractivity contribution >= 4 is 0 Å². The minimum Gasteiger partial charge on any atom is -0.314 e. The molecule has 1 aliphatic heterocycles. The van der Waals surface area contributed by atoms with E-state index in [2.05, 4.69) is 15.2 Å². The zero-order valence-corrected chi connectivity index (χ0v) is 9.65. The molecule has 0 saturated carbocycles. The Morgan fingerprint density at radius 2 is 2.12 bits per heavy atom. The van der Waals surface area contributed by atoms with Crippen LogP contribution in [0, 0.1) is 6.92 Å². The summed E-state index contributed by atoms with van der Waals surface area (Å²) in [6, 6.07) is 1.58. The molecule has 0 aromatic carbocycles. The third-order valence-electron chi connectivity index (χ3n) is 2.88. The fourth-order valence-corrected chi connectivity index (χ4v) is 1.87. The molecule has 0 atom stereocenters. The lowest BCUT2D eigenvalue weighted by molar-refractivity contribution is 0.231. The lowest BCUT2D eigenvalue weighted by Gasteiger charge is -2.27. The van der Waals surface area contributed by atoms with Gasteiger partial charge in [0.2, 0.25) is 0 Å². The molecule has 16 heavy (non-hydrogen) atoms. The van der Waals surface area contributed by atoms with Crippen LogP contribution in [-0.2, 0) is 6.54 Å². The van der Waals surface area contributed by atoms with Crippen molar-refractivity contribution in [2.24, 2.45) is 0 Å². The van der Waals surface area contributed by atoms with Gasteiger partial charge < -0.3 is 5.32 Å². The van der Waals surface area contributed by atoms with E-state index in [1.807, 2.05) is 6.92 Å². The Morgan fingerprint density at radius 3 is 2.81 bits per heavy atom. The van der Waals surface area contributed by atoms with Gasteiger partial charge in [-0.05, 0) is 6.92 Å². The number of nitrogens with zero attached hydrogens (tertiary/aromatic N) is 3. The first-order valence-corrected chi connectivity index (χ1v) is 5.72. The van der Waals surface area contributed by atoms with E-state index in [1.165, 1.54) is 0 Å². The van der Waals surface area contributed by atoms with Crippen LogP contribution in [-0.4, -0.2) is 47.2 Å². The highest BCUT2D eigenvalue weighted by Crippen LogP contribution is 1.93. The first-order chi connectivity index (χ1) is 7.75. The summed E-state index contributed by atoms with van der Waals surface area (Å²) in [4.78, 5) is 18.1. The van der Waals surface area contributed by atoms with Gasteiger partial charge in [-0.3, -0.25) is 14.3 Å². The normalized spacial score (nSPS) is 17.6. The fraction of sp³-hybridized carbons (Fsp3) is 0.636. The average molecular weight is 222 g/mol. The molecule has 1 aromatic rings. The van der Waals surface area contributed by atoms with Crippen LogP contribution >= 0.6 is 0 Å². The van der Waals surface area contributed by atoms with E-state index in [-0.39, 0.29) is 5.56 Å². The van der Waals surface area contributed by atoms with E-state index in [4.69, 9.17) is 0 Å². The van der Waals surface area contributed by atoms with Gasteiger partial charge in [0.25, 0.3) is 5.56 Å². The molecule has 5 heteroatoms. The number of rotatable bonds is 3. The van der Waals surface area contributed by atoms with Gasteiger partial charge in [-0.15, -0.1) is 0 Å². The van der Waals surface area contributed by atoms with Crippen LogP contribution in [0.3, 0.4) is 0 Å². The Hall–Kier alpha value is -1.20. The smallest absolute Gasteiger partial charge is 0.253 e. The van der Waals surface area contributed by atoms with Gasteiger partial charge in [-0.25, -0.2) is 4.98 Å². The van der Waals surface area contributed by atoms with Crippen LogP contribution in [0.4, 0.5) is 0 Å². The average Bonchev–Trinajstić information content (AvgIpc) is 2.29. The largest absolute Gasteiger partial charge is 0.314 e. The predicted molar refractivity (Wildman–Crippen MR) is 62.5 cm³/mol. The van der Waals surface area contributed by atoms with Crippen LogP contribution in [0.2, 0.25) is 0 Å². The van der Waals surface area contributed by atoms with Crippen molar-refractivity contribution in [2.45, 2.75) is 13.5 Å². The molecule has 0 unspecified atom stereocenters. The van der Waals surface area contributed by atoms with Crippen LogP contribution < -0.4 is 10.9 Å². The van der Waals surface area contributed by atoms with E-state index in [1.54, 1.807) is 17.0 Å². The van der Waals surface area contributed by atoms with Crippen LogP contribution in [0.1, 0.15) is 5.69 Å². The standard InChI is InChI=1S/C11H18N4O/c1-10-8-11(16)15(9-13-10)7-6-14-4-2-12-3-5-14/h8-9,12H,2-7H2,1H3. The molecule has 1 N–H and O–H groups in total. The van der Waals surface area contributed by atoms with Gasteiger partial charge >= 0.3 is 0 Å². The van der Waals surface area contributed by atoms with E-state index < -0.39 is 0 Å². The summed E-state index contributed by atoms with van der Waals surface area (Å²) in [5.74, 6) is 0. The number of aromatic nitrogens is 2. The molecular formula is C11H18N4O. The number of hydrogen-bond acceptors (Lipinski definition) is 4. The van der Waals surface area contributed by atoms with Crippen molar-refractivity contribution in [2.75, 3.05) is 32.7 Å². The maximum absolute atomic E-state index is 11.6. The summed E-state index contributed by atoms with van der Waals surface area (Å²) in [5.41, 5.74) is 0.825. The van der Waals surface area contributed by atoms with Crippen molar-refractivity contribution in [1.82, 2.24) is 19.8 Å². The van der Waals surface area contributed by atoms with Gasteiger partial charge in [-0.2, -0.15) is 0 Å². The summed E-state index contributed by atoms with van der Waals surface area (Å²) in [5, 5.41) is 3.31. The summed E-state index contributed by atoms with van der Waals surface area (Å²) in [6.45, 7) is 7.70. The topological polar surface area (TPSA) is 50.2 Å². The molecule has 5 nitrogen and oxygen atoms in total. The van der Waals surface area contributed by atoms with Gasteiger partial charge in [0.1, 0.15) is 0 Å². The highest BCUT2D eigenvalue weighted by Gasteiger charge is 2.09. The Labute approximate surface area is 95.1 Å². The lowest BCUT2D eigenvalue weighted by Crippen LogP contribution is -2.45. The number of hydrogen-bond donors (Lipinski definition) is 1. The summed E-state index contributed by atoms with van der Waals surface area (Å²) in [7, 11) is 0. The molecule has 2 rings (SSSR count). The Bertz CT molecular complexity index is 395. The molecule has 1 aliphatic rings. The summed E-state index contributed by atoms with van der Waals surface area (Å²) >= 11 is 0. The van der Waals surface area contributed by atoms with Crippen molar-refractivity contribution < 1.29 is 0 Å². The molecule has 0 aliphatic carbocycles. The molecule has 0 spiro atoms. The number of piperazine rings is 1. The highest BCUT2D eigenvalue weighted by atomic mass is 16.1. The Kier molecular flexibility index (Phi) is 3.69. The van der Waals surface area contributed by atoms with Gasteiger partial charge in [0.15, 0.2) is 0 Å². The second-order valence-electron chi connectivity index (χ2n) is 4.15. The Balaban J connectivity index is 1.91. The predicted octanol–water partition coefficient (Wildman–Crippen LogP) is -0.543.